The summed E-state index contributed by atoms with van der Waals surface area (Å²) < 4.78 is 13.9. The molecule has 14 rings (SSSR count). The summed E-state index contributed by atoms with van der Waals surface area (Å²) in [4.78, 5) is 4.75. The van der Waals surface area contributed by atoms with Gasteiger partial charge in [0, 0.05) is 49.3 Å². The maximum atomic E-state index is 7.10. The number of hydrogen-bond acceptors (Lipinski definition) is 4. The van der Waals surface area contributed by atoms with E-state index in [1.165, 1.54) is 38.2 Å². The summed E-state index contributed by atoms with van der Waals surface area (Å²) in [5.74, 6) is 0. The van der Waals surface area contributed by atoms with Crippen LogP contribution < -0.4 is 9.80 Å². The van der Waals surface area contributed by atoms with E-state index in [1.807, 2.05) is 32.0 Å². The summed E-state index contributed by atoms with van der Waals surface area (Å²) in [7, 11) is 0. The van der Waals surface area contributed by atoms with E-state index < -0.39 is 0 Å². The van der Waals surface area contributed by atoms with Gasteiger partial charge in [0.25, 0.3) is 0 Å². The molecule has 352 valence electrons. The Labute approximate surface area is 425 Å². The van der Waals surface area contributed by atoms with Crippen molar-refractivity contribution in [3.63, 3.8) is 0 Å². The molecule has 2 aromatic heterocycles. The molecule has 4 nitrogen and oxygen atoms in total. The normalized spacial score (nSPS) is 11.4. The standard InChI is InChI=1S/C60H40N2O2.C7H8.C2H6/c1-37-15-9-10-21-43(37)44-23-12-24-46-48-26-14-28-54(60(48)64-58(44)46)62(42-19-7-4-8-20-42)52-36-32-40-29-33-49-51(35-31-39-30-34-50(52)56(40)55(39)49)61(41-17-5-3-6-18-41)53-27-13-25-47-45-22-11-16-38(2)57(45)63-59(47)53;1-7-5-3-2-4-6-7;1-2/h3-36H,1-2H3;2-6H,1H3;1-2H3. The average molecular weight is 943 g/mol. The highest BCUT2D eigenvalue weighted by Crippen LogP contribution is 2.51. The number of nitrogens with zero attached hydrogens (tertiary/aromatic N) is 2. The van der Waals surface area contributed by atoms with Gasteiger partial charge in [-0.15, -0.1) is 0 Å². The van der Waals surface area contributed by atoms with E-state index in [2.05, 4.69) is 249 Å². The van der Waals surface area contributed by atoms with Crippen LogP contribution in [0.15, 0.2) is 245 Å². The van der Waals surface area contributed by atoms with Crippen molar-refractivity contribution in [3.05, 3.63) is 253 Å². The van der Waals surface area contributed by atoms with Crippen LogP contribution in [-0.2, 0) is 0 Å². The van der Waals surface area contributed by atoms with E-state index >= 15 is 0 Å². The number of rotatable bonds is 7. The van der Waals surface area contributed by atoms with Crippen LogP contribution in [0.25, 0.3) is 87.3 Å². The summed E-state index contributed by atoms with van der Waals surface area (Å²) >= 11 is 0. The number of furan rings is 2. The highest BCUT2D eigenvalue weighted by Gasteiger charge is 2.26. The molecule has 0 radical (unpaired) electrons. The molecule has 0 fully saturated rings. The van der Waals surface area contributed by atoms with Gasteiger partial charge in [-0.05, 0) is 108 Å². The van der Waals surface area contributed by atoms with Crippen LogP contribution in [0.4, 0.5) is 34.1 Å². The first-order valence-corrected chi connectivity index (χ1v) is 25.3. The zero-order chi connectivity index (χ0) is 49.6. The van der Waals surface area contributed by atoms with Crippen molar-refractivity contribution in [2.45, 2.75) is 34.6 Å². The average Bonchev–Trinajstić information content (AvgIpc) is 4.03. The van der Waals surface area contributed by atoms with E-state index in [-0.39, 0.29) is 0 Å². The number of aryl methyl sites for hydroxylation is 3. The van der Waals surface area contributed by atoms with Crippen molar-refractivity contribution in [2.24, 2.45) is 0 Å². The Morgan fingerprint density at radius 1 is 0.274 bits per heavy atom. The number of fused-ring (bicyclic) bond motifs is 6. The van der Waals surface area contributed by atoms with Gasteiger partial charge in [0.1, 0.15) is 11.2 Å². The zero-order valence-corrected chi connectivity index (χ0v) is 41.7. The largest absolute Gasteiger partial charge is 0.454 e. The third-order valence-electron chi connectivity index (χ3n) is 14.2. The van der Waals surface area contributed by atoms with E-state index in [1.54, 1.807) is 0 Å². The Morgan fingerprint density at radius 2 is 0.671 bits per heavy atom. The fourth-order valence-electron chi connectivity index (χ4n) is 10.9. The highest BCUT2D eigenvalue weighted by molar-refractivity contribution is 6.29. The molecule has 0 saturated heterocycles. The first-order chi connectivity index (χ1) is 36.0. The molecule has 0 aliphatic rings. The number of para-hydroxylation sites is 6. The Kier molecular flexibility index (Phi) is 11.7. The van der Waals surface area contributed by atoms with Gasteiger partial charge in [-0.25, -0.2) is 0 Å². The lowest BCUT2D eigenvalue weighted by Gasteiger charge is -2.29. The predicted octanol–water partition coefficient (Wildman–Crippen LogP) is 20.6. The number of benzene rings is 12. The summed E-state index contributed by atoms with van der Waals surface area (Å²) in [6.07, 6.45) is 0. The smallest absolute Gasteiger partial charge is 0.159 e. The van der Waals surface area contributed by atoms with Crippen molar-refractivity contribution in [2.75, 3.05) is 9.80 Å². The van der Waals surface area contributed by atoms with Crippen LogP contribution in [0.1, 0.15) is 30.5 Å². The fourth-order valence-corrected chi connectivity index (χ4v) is 10.9. The molecule has 0 saturated carbocycles. The fraction of sp³-hybridized carbons (Fsp3) is 0.0725. The van der Waals surface area contributed by atoms with Crippen molar-refractivity contribution in [1.82, 2.24) is 0 Å². The lowest BCUT2D eigenvalue weighted by molar-refractivity contribution is 0.666. The van der Waals surface area contributed by atoms with Crippen LogP contribution in [0.3, 0.4) is 0 Å². The van der Waals surface area contributed by atoms with Crippen molar-refractivity contribution in [3.8, 4) is 11.1 Å². The van der Waals surface area contributed by atoms with Crippen LogP contribution in [0, 0.1) is 20.8 Å². The lowest BCUT2D eigenvalue weighted by Crippen LogP contribution is -2.11. The highest BCUT2D eigenvalue weighted by atomic mass is 16.3. The quantitative estimate of drug-likeness (QED) is 0.149. The van der Waals surface area contributed by atoms with E-state index in [0.29, 0.717) is 0 Å². The molecule has 0 amide bonds. The molecular weight excluding hydrogens is 889 g/mol. The van der Waals surface area contributed by atoms with Crippen molar-refractivity contribution in [1.29, 1.82) is 0 Å². The third-order valence-corrected chi connectivity index (χ3v) is 14.2. The van der Waals surface area contributed by atoms with Gasteiger partial charge in [0.05, 0.1) is 22.7 Å². The molecule has 12 aromatic carbocycles. The van der Waals surface area contributed by atoms with Gasteiger partial charge < -0.3 is 18.6 Å². The summed E-state index contributed by atoms with van der Waals surface area (Å²) in [5, 5.41) is 11.6. The maximum absolute atomic E-state index is 7.10. The van der Waals surface area contributed by atoms with Gasteiger partial charge in [0.15, 0.2) is 11.2 Å². The van der Waals surface area contributed by atoms with Crippen LogP contribution in [-0.4, -0.2) is 0 Å². The molecule has 0 atom stereocenters. The minimum atomic E-state index is 0.851. The molecule has 0 aliphatic carbocycles. The van der Waals surface area contributed by atoms with Gasteiger partial charge in [-0.3, -0.25) is 0 Å². The van der Waals surface area contributed by atoms with Gasteiger partial charge in [-0.2, -0.15) is 0 Å². The molecule has 0 bridgehead atoms. The van der Waals surface area contributed by atoms with E-state index in [4.69, 9.17) is 8.83 Å². The molecule has 0 N–H and O–H groups in total. The van der Waals surface area contributed by atoms with Crippen molar-refractivity contribution < 1.29 is 8.83 Å². The SMILES string of the molecule is CC.Cc1ccccc1.Cc1ccccc1-c1cccc2c1oc1c(N(c3ccccc3)c3ccc4ccc5c(N(c6ccccc6)c6cccc7c6oc6c(C)cccc67)ccc6ccc3c4c65)cccc12. The second kappa shape index (κ2) is 18.9. The molecule has 4 heteroatoms. The van der Waals surface area contributed by atoms with E-state index in [9.17, 15) is 0 Å². The van der Waals surface area contributed by atoms with Gasteiger partial charge >= 0.3 is 0 Å². The van der Waals surface area contributed by atoms with E-state index in [0.717, 1.165) is 99.9 Å². The molecule has 0 spiro atoms. The second-order valence-electron chi connectivity index (χ2n) is 18.5. The topological polar surface area (TPSA) is 32.8 Å². The molecule has 0 unspecified atom stereocenters. The Balaban J connectivity index is 0.000000553. The number of anilines is 6. The molecular formula is C69H54N2O2. The Hall–Kier alpha value is -9.12. The summed E-state index contributed by atoms with van der Waals surface area (Å²) in [6.45, 7) is 10.4. The minimum Gasteiger partial charge on any atom is -0.454 e. The van der Waals surface area contributed by atoms with Crippen molar-refractivity contribution >= 4 is 110 Å². The first kappa shape index (κ1) is 45.0. The van der Waals surface area contributed by atoms with Gasteiger partial charge in [0.2, 0.25) is 0 Å². The third kappa shape index (κ3) is 7.71. The Morgan fingerprint density at radius 3 is 1.18 bits per heavy atom. The van der Waals surface area contributed by atoms with Crippen LogP contribution >= 0.6 is 0 Å². The van der Waals surface area contributed by atoms with Gasteiger partial charge in [-0.1, -0.05) is 207 Å². The lowest BCUT2D eigenvalue weighted by atomic mass is 9.91. The molecule has 14 aromatic rings. The molecule has 0 aliphatic heterocycles. The minimum absolute atomic E-state index is 0.851. The first-order valence-electron chi connectivity index (χ1n) is 25.3. The maximum Gasteiger partial charge on any atom is 0.159 e. The van der Waals surface area contributed by atoms with Crippen LogP contribution in [0.5, 0.6) is 0 Å². The zero-order valence-electron chi connectivity index (χ0n) is 41.7. The van der Waals surface area contributed by atoms with Crippen LogP contribution in [0.2, 0.25) is 0 Å². The summed E-state index contributed by atoms with van der Waals surface area (Å²) in [5.41, 5.74) is 15.7. The molecule has 73 heavy (non-hydrogen) atoms. The monoisotopic (exact) mass is 942 g/mol. The molecule has 2 heterocycles. The summed E-state index contributed by atoms with van der Waals surface area (Å²) in [6, 6.07) is 84.4. The predicted molar refractivity (Wildman–Crippen MR) is 312 cm³/mol. The second-order valence-corrected chi connectivity index (χ2v) is 18.5. The number of hydrogen-bond donors (Lipinski definition) is 0. The Bertz CT molecular complexity index is 4270.